The van der Waals surface area contributed by atoms with Crippen molar-refractivity contribution in [3.63, 3.8) is 0 Å². The molecular formula is C17H21N2O3+. The molecule has 0 radical (unpaired) electrons. The number of hydrogen-bond donors (Lipinski definition) is 0. The van der Waals surface area contributed by atoms with Crippen LogP contribution >= 0.6 is 0 Å². The largest absolute Gasteiger partial charge is 0.497 e. The zero-order chi connectivity index (χ0) is 15.9. The van der Waals surface area contributed by atoms with Crippen LogP contribution in [0.4, 0.5) is 0 Å². The minimum Gasteiger partial charge on any atom is -0.497 e. The SMILES string of the molecule is COc1cc(OC)cc(C(=O)N(C)CCc2cccc[nH+]2)c1. The molecule has 0 fully saturated rings. The minimum absolute atomic E-state index is 0.0619. The van der Waals surface area contributed by atoms with E-state index in [0.717, 1.165) is 12.1 Å². The fraction of sp³-hybridized carbons (Fsp3) is 0.294. The van der Waals surface area contributed by atoms with Crippen molar-refractivity contribution in [1.29, 1.82) is 0 Å². The number of benzene rings is 1. The van der Waals surface area contributed by atoms with Gasteiger partial charge in [0.1, 0.15) is 11.5 Å². The van der Waals surface area contributed by atoms with E-state index < -0.39 is 0 Å². The fourth-order valence-corrected chi connectivity index (χ4v) is 2.13. The Hall–Kier alpha value is -2.56. The van der Waals surface area contributed by atoms with E-state index in [9.17, 15) is 4.79 Å². The predicted octanol–water partition coefficient (Wildman–Crippen LogP) is 1.83. The van der Waals surface area contributed by atoms with Crippen LogP contribution in [0.3, 0.4) is 0 Å². The Morgan fingerprint density at radius 2 is 1.82 bits per heavy atom. The van der Waals surface area contributed by atoms with Gasteiger partial charge >= 0.3 is 0 Å². The normalized spacial score (nSPS) is 10.1. The number of H-pyrrole nitrogens is 1. The first-order chi connectivity index (χ1) is 10.6. The molecule has 0 aliphatic heterocycles. The molecule has 1 aromatic heterocycles. The maximum absolute atomic E-state index is 12.5. The first kappa shape index (κ1) is 15.8. The molecule has 1 aromatic carbocycles. The molecule has 1 amide bonds. The minimum atomic E-state index is -0.0619. The Balaban J connectivity index is 2.06. The highest BCUT2D eigenvalue weighted by molar-refractivity contribution is 5.95. The summed E-state index contributed by atoms with van der Waals surface area (Å²) in [6, 6.07) is 11.1. The van der Waals surface area contributed by atoms with Gasteiger partial charge in [0.15, 0.2) is 11.9 Å². The summed E-state index contributed by atoms with van der Waals surface area (Å²) in [4.78, 5) is 17.4. The van der Waals surface area contributed by atoms with E-state index in [1.807, 2.05) is 24.4 Å². The van der Waals surface area contributed by atoms with Crippen LogP contribution in [0, 0.1) is 0 Å². The van der Waals surface area contributed by atoms with Gasteiger partial charge in [0.25, 0.3) is 5.91 Å². The number of hydrogen-bond acceptors (Lipinski definition) is 3. The van der Waals surface area contributed by atoms with Crippen LogP contribution in [-0.2, 0) is 6.42 Å². The molecular weight excluding hydrogens is 280 g/mol. The van der Waals surface area contributed by atoms with Crippen molar-refractivity contribution in [1.82, 2.24) is 4.90 Å². The number of nitrogens with zero attached hydrogens (tertiary/aromatic N) is 1. The van der Waals surface area contributed by atoms with Crippen molar-refractivity contribution in [2.24, 2.45) is 0 Å². The van der Waals surface area contributed by atoms with E-state index in [0.29, 0.717) is 23.6 Å². The number of carbonyl (C=O) groups excluding carboxylic acids is 1. The van der Waals surface area contributed by atoms with Crippen LogP contribution in [0.2, 0.25) is 0 Å². The highest BCUT2D eigenvalue weighted by Gasteiger charge is 2.15. The smallest absolute Gasteiger partial charge is 0.253 e. The van der Waals surface area contributed by atoms with E-state index >= 15 is 0 Å². The Morgan fingerprint density at radius 1 is 1.14 bits per heavy atom. The second kappa shape index (κ2) is 7.45. The van der Waals surface area contributed by atoms with E-state index in [4.69, 9.17) is 9.47 Å². The summed E-state index contributed by atoms with van der Waals surface area (Å²) in [7, 11) is 4.92. The van der Waals surface area contributed by atoms with Gasteiger partial charge in [-0.05, 0) is 12.1 Å². The van der Waals surface area contributed by atoms with Crippen molar-refractivity contribution in [2.45, 2.75) is 6.42 Å². The third-order valence-corrected chi connectivity index (χ3v) is 3.44. The summed E-state index contributed by atoms with van der Waals surface area (Å²) in [6.07, 6.45) is 2.65. The number of pyridine rings is 1. The highest BCUT2D eigenvalue weighted by Crippen LogP contribution is 2.23. The number of aromatic nitrogens is 1. The first-order valence-electron chi connectivity index (χ1n) is 7.08. The van der Waals surface area contributed by atoms with E-state index in [1.54, 1.807) is 44.4 Å². The summed E-state index contributed by atoms with van der Waals surface area (Å²) in [5.74, 6) is 1.15. The number of methoxy groups -OCH3 is 2. The maximum Gasteiger partial charge on any atom is 0.253 e. The number of rotatable bonds is 6. The number of ether oxygens (including phenoxy) is 2. The molecule has 22 heavy (non-hydrogen) atoms. The van der Waals surface area contributed by atoms with Crippen molar-refractivity contribution in [3.8, 4) is 11.5 Å². The zero-order valence-electron chi connectivity index (χ0n) is 13.1. The van der Waals surface area contributed by atoms with Gasteiger partial charge < -0.3 is 14.4 Å². The van der Waals surface area contributed by atoms with Crippen molar-refractivity contribution < 1.29 is 19.3 Å². The summed E-state index contributed by atoms with van der Waals surface area (Å²) in [5, 5.41) is 0. The van der Waals surface area contributed by atoms with Gasteiger partial charge in [0.05, 0.1) is 14.2 Å². The average molecular weight is 301 g/mol. The molecule has 0 atom stereocenters. The van der Waals surface area contributed by atoms with Gasteiger partial charge in [-0.3, -0.25) is 4.79 Å². The van der Waals surface area contributed by atoms with Gasteiger partial charge in [0.2, 0.25) is 0 Å². The van der Waals surface area contributed by atoms with E-state index in [-0.39, 0.29) is 5.91 Å². The molecule has 0 aliphatic carbocycles. The second-order valence-electron chi connectivity index (χ2n) is 4.97. The Labute approximate surface area is 130 Å². The molecule has 2 aromatic rings. The Morgan fingerprint density at radius 3 is 2.36 bits per heavy atom. The van der Waals surface area contributed by atoms with Gasteiger partial charge in [-0.25, -0.2) is 4.98 Å². The number of nitrogens with one attached hydrogen (secondary N) is 1. The first-order valence-corrected chi connectivity index (χ1v) is 7.08. The maximum atomic E-state index is 12.5. The van der Waals surface area contributed by atoms with Crippen LogP contribution < -0.4 is 14.5 Å². The van der Waals surface area contributed by atoms with Crippen molar-refractivity contribution in [3.05, 3.63) is 53.9 Å². The predicted molar refractivity (Wildman–Crippen MR) is 83.2 cm³/mol. The molecule has 2 rings (SSSR count). The van der Waals surface area contributed by atoms with E-state index in [1.165, 1.54) is 0 Å². The number of amides is 1. The molecule has 0 aliphatic rings. The van der Waals surface area contributed by atoms with Crippen molar-refractivity contribution >= 4 is 5.91 Å². The van der Waals surface area contributed by atoms with Gasteiger partial charge in [-0.2, -0.15) is 0 Å². The van der Waals surface area contributed by atoms with Gasteiger partial charge in [0, 0.05) is 43.8 Å². The lowest BCUT2D eigenvalue weighted by atomic mass is 10.1. The molecule has 1 heterocycles. The molecule has 0 saturated heterocycles. The van der Waals surface area contributed by atoms with Crippen LogP contribution in [-0.4, -0.2) is 38.6 Å². The summed E-state index contributed by atoms with van der Waals surface area (Å²) < 4.78 is 10.4. The molecule has 0 spiro atoms. The molecule has 0 unspecified atom stereocenters. The fourth-order valence-electron chi connectivity index (χ4n) is 2.13. The molecule has 5 nitrogen and oxygen atoms in total. The third kappa shape index (κ3) is 3.97. The number of aromatic amines is 1. The Bertz CT molecular complexity index is 607. The van der Waals surface area contributed by atoms with Gasteiger partial charge in [-0.1, -0.05) is 6.07 Å². The Kier molecular flexibility index (Phi) is 5.36. The standard InChI is InChI=1S/C17H20N2O3/c1-19(9-7-14-6-4-5-8-18-14)17(20)13-10-15(21-2)12-16(11-13)22-3/h4-6,8,10-12H,7,9H2,1-3H3/p+1. The number of likely N-dealkylation sites (N-methyl/N-ethyl adjacent to an activating group) is 1. The van der Waals surface area contributed by atoms with Crippen LogP contribution in [0.25, 0.3) is 0 Å². The molecule has 116 valence electrons. The lowest BCUT2D eigenvalue weighted by Gasteiger charge is -2.17. The lowest BCUT2D eigenvalue weighted by molar-refractivity contribution is -0.390. The highest BCUT2D eigenvalue weighted by atomic mass is 16.5. The second-order valence-corrected chi connectivity index (χ2v) is 4.97. The summed E-state index contributed by atoms with van der Waals surface area (Å²) in [5.41, 5.74) is 1.64. The molecule has 0 bridgehead atoms. The molecule has 0 saturated carbocycles. The van der Waals surface area contributed by atoms with Crippen LogP contribution in [0.5, 0.6) is 11.5 Å². The molecule has 1 N–H and O–H groups in total. The van der Waals surface area contributed by atoms with Gasteiger partial charge in [-0.15, -0.1) is 0 Å². The average Bonchev–Trinajstić information content (AvgIpc) is 2.59. The van der Waals surface area contributed by atoms with Crippen molar-refractivity contribution in [2.75, 3.05) is 27.8 Å². The third-order valence-electron chi connectivity index (χ3n) is 3.44. The quantitative estimate of drug-likeness (QED) is 0.818. The lowest BCUT2D eigenvalue weighted by Crippen LogP contribution is -2.30. The zero-order valence-corrected chi connectivity index (χ0v) is 13.1. The summed E-state index contributed by atoms with van der Waals surface area (Å²) in [6.45, 7) is 0.624. The number of carbonyl (C=O) groups is 1. The topological polar surface area (TPSA) is 52.9 Å². The monoisotopic (exact) mass is 301 g/mol. The van der Waals surface area contributed by atoms with E-state index in [2.05, 4.69) is 4.98 Å². The van der Waals surface area contributed by atoms with Crippen LogP contribution in [0.1, 0.15) is 16.1 Å². The summed E-state index contributed by atoms with van der Waals surface area (Å²) >= 11 is 0. The van der Waals surface area contributed by atoms with Crippen LogP contribution in [0.15, 0.2) is 42.6 Å². The molecule has 5 heteroatoms.